The first-order valence-corrected chi connectivity index (χ1v) is 8.08. The van der Waals surface area contributed by atoms with Gasteiger partial charge in [-0.25, -0.2) is 0 Å². The van der Waals surface area contributed by atoms with E-state index >= 15 is 0 Å². The molecule has 1 saturated heterocycles. The topological polar surface area (TPSA) is 58.4 Å². The Labute approximate surface area is 146 Å². The van der Waals surface area contributed by atoms with Gasteiger partial charge in [-0.05, 0) is 63.7 Å². The van der Waals surface area contributed by atoms with Gasteiger partial charge < -0.3 is 11.1 Å². The number of rotatable bonds is 4. The van der Waals surface area contributed by atoms with E-state index in [2.05, 4.69) is 36.2 Å². The molecular formula is C18H30ClN3O. The summed E-state index contributed by atoms with van der Waals surface area (Å²) < 4.78 is 0. The quantitative estimate of drug-likeness (QED) is 0.886. The van der Waals surface area contributed by atoms with E-state index in [1.165, 1.54) is 5.56 Å². The molecular weight excluding hydrogens is 310 g/mol. The number of nitrogens with two attached hydrogens (primary N) is 1. The minimum absolute atomic E-state index is 0. The highest BCUT2D eigenvalue weighted by Gasteiger charge is 2.36. The summed E-state index contributed by atoms with van der Waals surface area (Å²) in [6.07, 6.45) is 1.06. The Morgan fingerprint density at radius 1 is 1.35 bits per heavy atom. The molecule has 2 rings (SSSR count). The van der Waals surface area contributed by atoms with Crippen molar-refractivity contribution in [2.24, 2.45) is 11.1 Å². The van der Waals surface area contributed by atoms with Crippen LogP contribution in [-0.4, -0.2) is 36.5 Å². The van der Waals surface area contributed by atoms with Gasteiger partial charge in [-0.2, -0.15) is 0 Å². The maximum atomic E-state index is 12.6. The van der Waals surface area contributed by atoms with Crippen molar-refractivity contribution in [3.8, 4) is 0 Å². The van der Waals surface area contributed by atoms with E-state index in [0.717, 1.165) is 36.3 Å². The van der Waals surface area contributed by atoms with Gasteiger partial charge in [-0.1, -0.05) is 24.6 Å². The van der Waals surface area contributed by atoms with Crippen LogP contribution in [0.5, 0.6) is 0 Å². The highest BCUT2D eigenvalue weighted by Crippen LogP contribution is 2.30. The molecule has 0 bridgehead atoms. The fraction of sp³-hybridized carbons (Fsp3) is 0.611. The number of likely N-dealkylation sites (tertiary alicyclic amines) is 1. The van der Waals surface area contributed by atoms with E-state index < -0.39 is 0 Å². The van der Waals surface area contributed by atoms with E-state index in [0.29, 0.717) is 6.54 Å². The van der Waals surface area contributed by atoms with E-state index in [1.54, 1.807) is 0 Å². The Balaban J connectivity index is 0.00000264. The lowest BCUT2D eigenvalue weighted by Crippen LogP contribution is -2.42. The number of nitrogens with one attached hydrogen (secondary N) is 1. The summed E-state index contributed by atoms with van der Waals surface area (Å²) in [5.74, 6) is 0.0660. The summed E-state index contributed by atoms with van der Waals surface area (Å²) in [4.78, 5) is 14.8. The second-order valence-corrected chi connectivity index (χ2v) is 7.17. The Morgan fingerprint density at radius 2 is 1.91 bits per heavy atom. The van der Waals surface area contributed by atoms with Crippen LogP contribution in [0.3, 0.4) is 0 Å². The lowest BCUT2D eigenvalue weighted by Gasteiger charge is -2.27. The van der Waals surface area contributed by atoms with Crippen molar-refractivity contribution in [3.05, 3.63) is 28.8 Å². The molecule has 0 radical (unpaired) electrons. The monoisotopic (exact) mass is 339 g/mol. The molecule has 5 heteroatoms. The average Bonchev–Trinajstić information content (AvgIpc) is 2.85. The first-order valence-electron chi connectivity index (χ1n) is 8.08. The molecule has 1 fully saturated rings. The molecule has 1 amide bonds. The van der Waals surface area contributed by atoms with Crippen LogP contribution in [0.15, 0.2) is 12.1 Å². The van der Waals surface area contributed by atoms with Crippen molar-refractivity contribution in [2.75, 3.05) is 25.0 Å². The Kier molecular flexibility index (Phi) is 6.63. The van der Waals surface area contributed by atoms with Gasteiger partial charge in [0.1, 0.15) is 0 Å². The molecule has 2 atom stereocenters. The summed E-state index contributed by atoms with van der Waals surface area (Å²) in [5, 5.41) is 3.12. The smallest absolute Gasteiger partial charge is 0.241 e. The number of hydrogen-bond acceptors (Lipinski definition) is 3. The standard InChI is InChI=1S/C18H29N3O.ClH/c1-12-8-13(2)16(14(3)9-12)20-17(22)15(4)21-7-6-18(5,10-19)11-21;/h8-9,15H,6-7,10-11,19H2,1-5H3,(H,20,22);1H. The molecule has 130 valence electrons. The zero-order chi connectivity index (χ0) is 16.5. The first kappa shape index (κ1) is 19.9. The maximum Gasteiger partial charge on any atom is 0.241 e. The van der Waals surface area contributed by atoms with Crippen LogP contribution in [0.2, 0.25) is 0 Å². The molecule has 3 N–H and O–H groups in total. The summed E-state index contributed by atoms with van der Waals surface area (Å²) in [5.41, 5.74) is 10.4. The third-order valence-electron chi connectivity index (χ3n) is 4.93. The van der Waals surface area contributed by atoms with Crippen LogP contribution in [0.1, 0.15) is 37.0 Å². The van der Waals surface area contributed by atoms with Crippen molar-refractivity contribution < 1.29 is 4.79 Å². The van der Waals surface area contributed by atoms with Crippen molar-refractivity contribution in [2.45, 2.75) is 47.1 Å². The number of amides is 1. The van der Waals surface area contributed by atoms with Crippen molar-refractivity contribution in [3.63, 3.8) is 0 Å². The number of carbonyl (C=O) groups excluding carboxylic acids is 1. The molecule has 0 aliphatic carbocycles. The summed E-state index contributed by atoms with van der Waals surface area (Å²) in [6, 6.07) is 4.08. The molecule has 4 nitrogen and oxygen atoms in total. The summed E-state index contributed by atoms with van der Waals surface area (Å²) in [6.45, 7) is 12.9. The van der Waals surface area contributed by atoms with Crippen molar-refractivity contribution >= 4 is 24.0 Å². The number of hydrogen-bond donors (Lipinski definition) is 2. The number of aryl methyl sites for hydroxylation is 3. The highest BCUT2D eigenvalue weighted by molar-refractivity contribution is 5.96. The van der Waals surface area contributed by atoms with Gasteiger partial charge in [0.25, 0.3) is 0 Å². The van der Waals surface area contributed by atoms with Crippen molar-refractivity contribution in [1.29, 1.82) is 0 Å². The van der Waals surface area contributed by atoms with Gasteiger partial charge in [0.15, 0.2) is 0 Å². The Bertz CT molecular complexity index is 552. The SMILES string of the molecule is Cc1cc(C)c(NC(=O)C(C)N2CCC(C)(CN)C2)c(C)c1.Cl. The lowest BCUT2D eigenvalue weighted by atomic mass is 9.90. The molecule has 1 aliphatic heterocycles. The van der Waals surface area contributed by atoms with Gasteiger partial charge in [0, 0.05) is 12.2 Å². The molecule has 0 spiro atoms. The van der Waals surface area contributed by atoms with E-state index in [-0.39, 0.29) is 29.8 Å². The Hall–Kier alpha value is -1.10. The molecule has 0 saturated carbocycles. The lowest BCUT2D eigenvalue weighted by molar-refractivity contribution is -0.120. The van der Waals surface area contributed by atoms with Crippen LogP contribution >= 0.6 is 12.4 Å². The molecule has 1 aromatic carbocycles. The zero-order valence-corrected chi connectivity index (χ0v) is 15.7. The van der Waals surface area contributed by atoms with Crippen LogP contribution in [0.25, 0.3) is 0 Å². The van der Waals surface area contributed by atoms with Crippen LogP contribution in [-0.2, 0) is 4.79 Å². The van der Waals surface area contributed by atoms with E-state index in [9.17, 15) is 4.79 Å². The highest BCUT2D eigenvalue weighted by atomic mass is 35.5. The Morgan fingerprint density at radius 3 is 2.39 bits per heavy atom. The molecule has 0 aromatic heterocycles. The molecule has 2 unspecified atom stereocenters. The predicted molar refractivity (Wildman–Crippen MR) is 99.3 cm³/mol. The molecule has 1 aromatic rings. The second kappa shape index (κ2) is 7.65. The average molecular weight is 340 g/mol. The second-order valence-electron chi connectivity index (χ2n) is 7.17. The fourth-order valence-electron chi connectivity index (χ4n) is 3.33. The van der Waals surface area contributed by atoms with E-state index in [1.807, 2.05) is 20.8 Å². The first-order chi connectivity index (χ1) is 10.3. The number of carbonyl (C=O) groups is 1. The predicted octanol–water partition coefficient (Wildman–Crippen LogP) is 3.03. The number of benzene rings is 1. The minimum atomic E-state index is -0.131. The minimum Gasteiger partial charge on any atom is -0.330 e. The van der Waals surface area contributed by atoms with Gasteiger partial charge >= 0.3 is 0 Å². The third-order valence-corrected chi connectivity index (χ3v) is 4.93. The van der Waals surface area contributed by atoms with Crippen LogP contribution in [0, 0.1) is 26.2 Å². The van der Waals surface area contributed by atoms with Crippen LogP contribution in [0.4, 0.5) is 5.69 Å². The molecule has 1 heterocycles. The maximum absolute atomic E-state index is 12.6. The molecule has 1 aliphatic rings. The van der Waals surface area contributed by atoms with Crippen molar-refractivity contribution in [1.82, 2.24) is 4.90 Å². The fourth-order valence-corrected chi connectivity index (χ4v) is 3.33. The van der Waals surface area contributed by atoms with Crippen LogP contribution < -0.4 is 11.1 Å². The summed E-state index contributed by atoms with van der Waals surface area (Å²) >= 11 is 0. The number of halogens is 1. The number of anilines is 1. The normalized spacial score (nSPS) is 22.5. The molecule has 23 heavy (non-hydrogen) atoms. The largest absolute Gasteiger partial charge is 0.330 e. The van der Waals surface area contributed by atoms with Gasteiger partial charge in [0.2, 0.25) is 5.91 Å². The van der Waals surface area contributed by atoms with E-state index in [4.69, 9.17) is 5.73 Å². The summed E-state index contributed by atoms with van der Waals surface area (Å²) in [7, 11) is 0. The van der Waals surface area contributed by atoms with Gasteiger partial charge in [-0.15, -0.1) is 12.4 Å². The van der Waals surface area contributed by atoms with Gasteiger partial charge in [0.05, 0.1) is 6.04 Å². The zero-order valence-electron chi connectivity index (χ0n) is 14.9. The van der Waals surface area contributed by atoms with Gasteiger partial charge in [-0.3, -0.25) is 9.69 Å². The number of nitrogens with zero attached hydrogens (tertiary/aromatic N) is 1. The third kappa shape index (κ3) is 4.46.